The van der Waals surface area contributed by atoms with E-state index in [1.165, 1.54) is 12.8 Å². The van der Waals surface area contributed by atoms with Crippen LogP contribution >= 0.6 is 0 Å². The lowest BCUT2D eigenvalue weighted by Crippen LogP contribution is -2.46. The topological polar surface area (TPSA) is 50.2 Å². The van der Waals surface area contributed by atoms with E-state index in [4.69, 9.17) is 0 Å². The third-order valence-corrected chi connectivity index (χ3v) is 4.80. The number of urea groups is 1. The fraction of sp³-hybridized carbons (Fsp3) is 0.529. The number of imidazole rings is 1. The summed E-state index contributed by atoms with van der Waals surface area (Å²) in [6, 6.07) is 8.62. The molecule has 22 heavy (non-hydrogen) atoms. The Morgan fingerprint density at radius 3 is 3.00 bits per heavy atom. The van der Waals surface area contributed by atoms with Crippen molar-refractivity contribution in [3.8, 4) is 0 Å². The van der Waals surface area contributed by atoms with Gasteiger partial charge in [-0.05, 0) is 43.7 Å². The number of para-hydroxylation sites is 2. The van der Waals surface area contributed by atoms with Crippen molar-refractivity contribution < 1.29 is 4.79 Å². The van der Waals surface area contributed by atoms with E-state index in [2.05, 4.69) is 20.9 Å². The summed E-state index contributed by atoms with van der Waals surface area (Å²) in [5, 5.41) is 3.08. The van der Waals surface area contributed by atoms with Crippen LogP contribution in [0.5, 0.6) is 0 Å². The second-order valence-corrected chi connectivity index (χ2v) is 6.51. The van der Waals surface area contributed by atoms with Gasteiger partial charge in [0.1, 0.15) is 0 Å². The molecule has 1 atom stereocenters. The molecule has 5 nitrogen and oxygen atoms in total. The van der Waals surface area contributed by atoms with Crippen LogP contribution in [0.25, 0.3) is 11.0 Å². The van der Waals surface area contributed by atoms with Crippen molar-refractivity contribution in [1.82, 2.24) is 19.8 Å². The highest BCUT2D eigenvalue weighted by molar-refractivity contribution is 5.76. The van der Waals surface area contributed by atoms with Crippen LogP contribution in [0.15, 0.2) is 30.6 Å². The second kappa shape index (κ2) is 5.63. The first-order chi connectivity index (χ1) is 10.8. The van der Waals surface area contributed by atoms with Crippen LogP contribution in [0.4, 0.5) is 4.79 Å². The molecule has 4 rings (SSSR count). The smallest absolute Gasteiger partial charge is 0.317 e. The normalized spacial score (nSPS) is 22.0. The van der Waals surface area contributed by atoms with E-state index < -0.39 is 0 Å². The summed E-state index contributed by atoms with van der Waals surface area (Å²) < 4.78 is 2.23. The summed E-state index contributed by atoms with van der Waals surface area (Å²) >= 11 is 0. The van der Waals surface area contributed by atoms with Crippen molar-refractivity contribution in [1.29, 1.82) is 0 Å². The van der Waals surface area contributed by atoms with Crippen LogP contribution in [-0.4, -0.2) is 40.1 Å². The van der Waals surface area contributed by atoms with Gasteiger partial charge in [-0.3, -0.25) is 0 Å². The molecule has 0 spiro atoms. The zero-order valence-corrected chi connectivity index (χ0v) is 12.7. The van der Waals surface area contributed by atoms with Gasteiger partial charge >= 0.3 is 6.03 Å². The van der Waals surface area contributed by atoms with Crippen molar-refractivity contribution in [2.45, 2.75) is 31.7 Å². The molecular formula is C17H22N4O. The van der Waals surface area contributed by atoms with Gasteiger partial charge in [-0.2, -0.15) is 0 Å². The number of amides is 2. The highest BCUT2D eigenvalue weighted by Crippen LogP contribution is 2.28. The zero-order chi connectivity index (χ0) is 14.9. The highest BCUT2D eigenvalue weighted by atomic mass is 16.2. The molecular weight excluding hydrogens is 276 g/mol. The molecule has 2 heterocycles. The number of rotatable bonds is 3. The number of piperidine rings is 1. The van der Waals surface area contributed by atoms with E-state index >= 15 is 0 Å². The number of likely N-dealkylation sites (tertiary alicyclic amines) is 1. The van der Waals surface area contributed by atoms with Gasteiger partial charge in [0.15, 0.2) is 0 Å². The average molecular weight is 298 g/mol. The van der Waals surface area contributed by atoms with Gasteiger partial charge in [0.25, 0.3) is 0 Å². The molecule has 1 aromatic carbocycles. The molecule has 1 aromatic heterocycles. The number of carbonyl (C=O) groups is 1. The number of hydrogen-bond acceptors (Lipinski definition) is 2. The van der Waals surface area contributed by atoms with Gasteiger partial charge in [0.2, 0.25) is 0 Å². The van der Waals surface area contributed by atoms with Crippen molar-refractivity contribution in [2.24, 2.45) is 5.92 Å². The van der Waals surface area contributed by atoms with Crippen LogP contribution in [0.3, 0.4) is 0 Å². The predicted molar refractivity (Wildman–Crippen MR) is 85.7 cm³/mol. The van der Waals surface area contributed by atoms with Crippen LogP contribution < -0.4 is 5.32 Å². The minimum atomic E-state index is 0.0982. The first kappa shape index (κ1) is 13.6. The second-order valence-electron chi connectivity index (χ2n) is 6.51. The quantitative estimate of drug-likeness (QED) is 0.947. The van der Waals surface area contributed by atoms with E-state index in [1.54, 1.807) is 0 Å². The lowest BCUT2D eigenvalue weighted by atomic mass is 10.1. The minimum Gasteiger partial charge on any atom is -0.338 e. The maximum absolute atomic E-state index is 12.3. The van der Waals surface area contributed by atoms with Gasteiger partial charge in [0, 0.05) is 19.6 Å². The summed E-state index contributed by atoms with van der Waals surface area (Å²) in [6.45, 7) is 2.48. The van der Waals surface area contributed by atoms with Crippen molar-refractivity contribution in [3.63, 3.8) is 0 Å². The predicted octanol–water partition coefficient (Wildman–Crippen LogP) is 2.79. The Kier molecular flexibility index (Phi) is 3.48. The molecule has 1 unspecified atom stereocenters. The number of benzene rings is 1. The van der Waals surface area contributed by atoms with E-state index in [9.17, 15) is 4.79 Å². The Labute approximate surface area is 130 Å². The Morgan fingerprint density at radius 2 is 2.14 bits per heavy atom. The van der Waals surface area contributed by atoms with E-state index in [1.807, 2.05) is 29.4 Å². The first-order valence-corrected chi connectivity index (χ1v) is 8.25. The Morgan fingerprint density at radius 1 is 1.27 bits per heavy atom. The first-order valence-electron chi connectivity index (χ1n) is 8.25. The summed E-state index contributed by atoms with van der Waals surface area (Å²) in [6.07, 6.45) is 6.61. The van der Waals surface area contributed by atoms with E-state index in [-0.39, 0.29) is 6.03 Å². The monoisotopic (exact) mass is 298 g/mol. The van der Waals surface area contributed by atoms with Crippen LogP contribution in [0, 0.1) is 5.92 Å². The third kappa shape index (κ3) is 2.67. The fourth-order valence-corrected chi connectivity index (χ4v) is 3.30. The number of fused-ring (bicyclic) bond motifs is 1. The fourth-order valence-electron chi connectivity index (χ4n) is 3.30. The molecule has 2 fully saturated rings. The largest absolute Gasteiger partial charge is 0.338 e. The number of nitrogens with one attached hydrogen (secondary N) is 1. The maximum atomic E-state index is 12.3. The molecule has 2 aromatic rings. The molecule has 0 bridgehead atoms. The molecule has 116 valence electrons. The minimum absolute atomic E-state index is 0.0982. The third-order valence-electron chi connectivity index (χ3n) is 4.80. The van der Waals surface area contributed by atoms with Gasteiger partial charge < -0.3 is 14.8 Å². The molecule has 1 saturated heterocycles. The van der Waals surface area contributed by atoms with E-state index in [0.717, 1.165) is 49.4 Å². The molecule has 2 aliphatic rings. The van der Waals surface area contributed by atoms with Gasteiger partial charge in [-0.1, -0.05) is 12.1 Å². The van der Waals surface area contributed by atoms with E-state index in [0.29, 0.717) is 6.04 Å². The number of aromatic nitrogens is 2. The summed E-state index contributed by atoms with van der Waals surface area (Å²) in [5.74, 6) is 0.724. The number of carbonyl (C=O) groups excluding carboxylic acids is 1. The Bertz CT molecular complexity index is 676. The Hall–Kier alpha value is -2.04. The van der Waals surface area contributed by atoms with Crippen molar-refractivity contribution >= 4 is 17.1 Å². The standard InChI is InChI=1S/C17H22N4O/c22-17(18-10-13-7-8-13)20-9-3-4-14(11-20)21-12-19-15-5-1-2-6-16(15)21/h1-2,5-6,12-14H,3-4,7-11H2,(H,18,22). The van der Waals surface area contributed by atoms with Crippen LogP contribution in [0.2, 0.25) is 0 Å². The molecule has 1 aliphatic heterocycles. The SMILES string of the molecule is O=C(NCC1CC1)N1CCCC(n2cnc3ccccc32)C1. The summed E-state index contributed by atoms with van der Waals surface area (Å²) in [7, 11) is 0. The lowest BCUT2D eigenvalue weighted by molar-refractivity contribution is 0.167. The van der Waals surface area contributed by atoms with Gasteiger partial charge in [-0.15, -0.1) is 0 Å². The molecule has 2 amide bonds. The zero-order valence-electron chi connectivity index (χ0n) is 12.7. The number of hydrogen-bond donors (Lipinski definition) is 1. The Balaban J connectivity index is 1.46. The molecule has 1 aliphatic carbocycles. The van der Waals surface area contributed by atoms with Crippen LogP contribution in [0.1, 0.15) is 31.7 Å². The van der Waals surface area contributed by atoms with Gasteiger partial charge in [-0.25, -0.2) is 9.78 Å². The lowest BCUT2D eigenvalue weighted by Gasteiger charge is -2.33. The van der Waals surface area contributed by atoms with Crippen LogP contribution in [-0.2, 0) is 0 Å². The van der Waals surface area contributed by atoms with Gasteiger partial charge in [0.05, 0.1) is 23.4 Å². The maximum Gasteiger partial charge on any atom is 0.317 e. The molecule has 0 radical (unpaired) electrons. The molecule has 5 heteroatoms. The molecule has 1 N–H and O–H groups in total. The summed E-state index contributed by atoms with van der Waals surface area (Å²) in [4.78, 5) is 18.7. The van der Waals surface area contributed by atoms with Crippen molar-refractivity contribution in [2.75, 3.05) is 19.6 Å². The van der Waals surface area contributed by atoms with Crippen molar-refractivity contribution in [3.05, 3.63) is 30.6 Å². The molecule has 1 saturated carbocycles. The summed E-state index contributed by atoms with van der Waals surface area (Å²) in [5.41, 5.74) is 2.19. The average Bonchev–Trinajstić information content (AvgIpc) is 3.30. The number of nitrogens with zero attached hydrogens (tertiary/aromatic N) is 3. The highest BCUT2D eigenvalue weighted by Gasteiger charge is 2.27.